The van der Waals surface area contributed by atoms with Crippen LogP contribution in [0, 0.1) is 5.92 Å². The van der Waals surface area contributed by atoms with E-state index in [1.807, 2.05) is 0 Å². The van der Waals surface area contributed by atoms with E-state index in [0.717, 1.165) is 37.9 Å². The van der Waals surface area contributed by atoms with E-state index in [0.29, 0.717) is 11.8 Å². The highest BCUT2D eigenvalue weighted by Crippen LogP contribution is 2.62. The molecule has 0 N–H and O–H groups in total. The number of rotatable bonds is 5. The molecule has 0 fully saturated rings. The molecule has 2 nitrogen and oxygen atoms in total. The Balaban J connectivity index is 1.19. The topological polar surface area (TPSA) is 12.5 Å². The largest absolute Gasteiger partial charge is 0.489 e. The second kappa shape index (κ2) is 10.9. The number of allylic oxidation sites excluding steroid dienone is 11. The number of fused-ring (bicyclic) bond motifs is 6. The van der Waals surface area contributed by atoms with Crippen molar-refractivity contribution < 1.29 is 4.74 Å². The molecule has 9 rings (SSSR count). The van der Waals surface area contributed by atoms with Crippen LogP contribution in [0.1, 0.15) is 85.5 Å². The average Bonchev–Trinajstić information content (AvgIpc) is 3.63. The molecule has 3 aromatic rings. The molecule has 0 saturated heterocycles. The zero-order valence-corrected chi connectivity index (χ0v) is 25.9. The average molecular weight is 588 g/mol. The van der Waals surface area contributed by atoms with Gasteiger partial charge in [0.2, 0.25) is 0 Å². The van der Waals surface area contributed by atoms with Crippen LogP contribution in [0.25, 0.3) is 0 Å². The van der Waals surface area contributed by atoms with Gasteiger partial charge in [0.1, 0.15) is 11.9 Å². The van der Waals surface area contributed by atoms with Crippen molar-refractivity contribution in [3.63, 3.8) is 0 Å². The summed E-state index contributed by atoms with van der Waals surface area (Å²) in [4.78, 5) is 2.53. The molecule has 5 aliphatic carbocycles. The molecule has 0 saturated carbocycles. The summed E-state index contributed by atoms with van der Waals surface area (Å²) < 4.78 is 6.73. The van der Waals surface area contributed by atoms with Crippen LogP contribution in [0.4, 0.5) is 5.69 Å². The van der Waals surface area contributed by atoms with Crippen LogP contribution >= 0.6 is 0 Å². The number of anilines is 1. The molecule has 0 amide bonds. The molecule has 45 heavy (non-hydrogen) atoms. The van der Waals surface area contributed by atoms with Crippen LogP contribution in [0.3, 0.4) is 0 Å². The number of benzene rings is 3. The molecule has 0 aromatic heterocycles. The quantitative estimate of drug-likeness (QED) is 0.275. The lowest BCUT2D eigenvalue weighted by Gasteiger charge is -2.42. The molecule has 2 heteroatoms. The fraction of sp³-hybridized carbons (Fsp3) is 0.302. The predicted molar refractivity (Wildman–Crippen MR) is 185 cm³/mol. The Kier molecular flexibility index (Phi) is 6.58. The van der Waals surface area contributed by atoms with Crippen molar-refractivity contribution in [2.45, 2.75) is 74.7 Å². The lowest BCUT2D eigenvalue weighted by Crippen LogP contribution is -2.37. The third-order valence-corrected chi connectivity index (χ3v) is 11.3. The highest BCUT2D eigenvalue weighted by molar-refractivity contribution is 5.67. The number of hydrogen-bond acceptors (Lipinski definition) is 2. The molecule has 3 aromatic carbocycles. The number of para-hydroxylation sites is 1. The summed E-state index contributed by atoms with van der Waals surface area (Å²) in [6.07, 6.45) is 30.7. The molecule has 1 heterocycles. The molecular formula is C43H41NO. The van der Waals surface area contributed by atoms with E-state index in [-0.39, 0.29) is 17.4 Å². The monoisotopic (exact) mass is 587 g/mol. The summed E-state index contributed by atoms with van der Waals surface area (Å²) in [7, 11) is 0. The highest BCUT2D eigenvalue weighted by atomic mass is 16.5. The van der Waals surface area contributed by atoms with Crippen LogP contribution < -0.4 is 9.64 Å². The predicted octanol–water partition coefficient (Wildman–Crippen LogP) is 10.6. The summed E-state index contributed by atoms with van der Waals surface area (Å²) in [6.45, 7) is 0. The van der Waals surface area contributed by atoms with E-state index in [1.54, 1.807) is 5.57 Å². The molecule has 0 radical (unpaired) electrons. The normalized spacial score (nSPS) is 29.0. The summed E-state index contributed by atoms with van der Waals surface area (Å²) in [5.41, 5.74) is 11.3. The number of nitrogens with zero attached hydrogens (tertiary/aromatic N) is 1. The fourth-order valence-corrected chi connectivity index (χ4v) is 9.44. The van der Waals surface area contributed by atoms with Gasteiger partial charge in [-0.2, -0.15) is 0 Å². The van der Waals surface area contributed by atoms with Crippen LogP contribution in [-0.2, 0) is 5.41 Å². The van der Waals surface area contributed by atoms with Crippen molar-refractivity contribution >= 4 is 5.69 Å². The lowest BCUT2D eigenvalue weighted by molar-refractivity contribution is 0.202. The van der Waals surface area contributed by atoms with E-state index >= 15 is 0 Å². The van der Waals surface area contributed by atoms with Gasteiger partial charge in [-0.25, -0.2) is 0 Å². The Hall–Kier alpha value is -4.30. The van der Waals surface area contributed by atoms with E-state index in [4.69, 9.17) is 4.74 Å². The zero-order valence-electron chi connectivity index (χ0n) is 25.9. The van der Waals surface area contributed by atoms with Crippen LogP contribution in [-0.4, -0.2) is 6.10 Å². The SMILES string of the molecule is C1=CCCC(N(C2=CC3c4cc(C5(C6C=CCCC6)C6=CC=CCC6c6ccccc65)ccc4OC3CC2)c2ccccc2)=C1. The van der Waals surface area contributed by atoms with Crippen molar-refractivity contribution in [1.82, 2.24) is 0 Å². The van der Waals surface area contributed by atoms with E-state index in [9.17, 15) is 0 Å². The van der Waals surface area contributed by atoms with Crippen molar-refractivity contribution in [1.29, 1.82) is 0 Å². The third kappa shape index (κ3) is 4.22. The third-order valence-electron chi connectivity index (χ3n) is 11.3. The zero-order chi connectivity index (χ0) is 29.8. The van der Waals surface area contributed by atoms with E-state index < -0.39 is 0 Å². The Morgan fingerprint density at radius 3 is 2.51 bits per heavy atom. The molecule has 224 valence electrons. The van der Waals surface area contributed by atoms with Crippen LogP contribution in [0.2, 0.25) is 0 Å². The van der Waals surface area contributed by atoms with Gasteiger partial charge in [0.15, 0.2) is 0 Å². The molecule has 1 aliphatic heterocycles. The maximum Gasteiger partial charge on any atom is 0.123 e. The van der Waals surface area contributed by atoms with Gasteiger partial charge in [0.05, 0.1) is 0 Å². The van der Waals surface area contributed by atoms with Crippen molar-refractivity contribution in [2.24, 2.45) is 5.92 Å². The van der Waals surface area contributed by atoms with Gasteiger partial charge in [-0.05, 0) is 104 Å². The molecule has 0 bridgehead atoms. The van der Waals surface area contributed by atoms with Gasteiger partial charge in [-0.3, -0.25) is 0 Å². The minimum absolute atomic E-state index is 0.146. The molecular weight excluding hydrogens is 546 g/mol. The Bertz CT molecular complexity index is 1820. The second-order valence-corrected chi connectivity index (χ2v) is 13.6. The second-order valence-electron chi connectivity index (χ2n) is 13.6. The maximum absolute atomic E-state index is 6.73. The minimum Gasteiger partial charge on any atom is -0.489 e. The first-order valence-electron chi connectivity index (χ1n) is 17.2. The first-order chi connectivity index (χ1) is 22.3. The van der Waals surface area contributed by atoms with Gasteiger partial charge in [0.25, 0.3) is 0 Å². The summed E-state index contributed by atoms with van der Waals surface area (Å²) in [6, 6.07) is 27.6. The maximum atomic E-state index is 6.73. The summed E-state index contributed by atoms with van der Waals surface area (Å²) in [5, 5.41) is 0. The Morgan fingerprint density at radius 1 is 0.756 bits per heavy atom. The standard InChI is InChI=1S/C43H41NO/c1-4-14-30(15-5-1)43(39-22-12-10-20-35(39)36-21-11-13-23-40(36)43)31-24-26-41-37(28-31)38-29-34(25-27-42(38)45-41)44(32-16-6-2-7-17-32)33-18-8-3-9-19-33/h2-4,6-8,10-14,16-18,20,22-24,26,28-30,36,38,42H,1,5,9,15,19,21,25,27H2. The Morgan fingerprint density at radius 2 is 1.64 bits per heavy atom. The van der Waals surface area contributed by atoms with Crippen LogP contribution in [0.5, 0.6) is 5.75 Å². The Labute approximate surface area is 267 Å². The van der Waals surface area contributed by atoms with Gasteiger partial charge >= 0.3 is 0 Å². The summed E-state index contributed by atoms with van der Waals surface area (Å²) in [5.74, 6) is 2.23. The van der Waals surface area contributed by atoms with Crippen molar-refractivity contribution in [2.75, 3.05) is 4.90 Å². The van der Waals surface area contributed by atoms with E-state index in [2.05, 4.69) is 132 Å². The summed E-state index contributed by atoms with van der Waals surface area (Å²) >= 11 is 0. The van der Waals surface area contributed by atoms with Gasteiger partial charge in [-0.1, -0.05) is 103 Å². The first-order valence-corrected chi connectivity index (χ1v) is 17.2. The lowest BCUT2D eigenvalue weighted by atomic mass is 9.60. The van der Waals surface area contributed by atoms with Gasteiger partial charge in [0, 0.05) is 39.9 Å². The van der Waals surface area contributed by atoms with Gasteiger partial charge < -0.3 is 9.64 Å². The van der Waals surface area contributed by atoms with Crippen molar-refractivity contribution in [3.8, 4) is 5.75 Å². The van der Waals surface area contributed by atoms with E-state index in [1.165, 1.54) is 58.6 Å². The van der Waals surface area contributed by atoms with Crippen LogP contribution in [0.15, 0.2) is 144 Å². The molecule has 6 aliphatic rings. The molecule has 5 atom stereocenters. The number of ether oxygens (including phenoxy) is 1. The van der Waals surface area contributed by atoms with Gasteiger partial charge in [-0.15, -0.1) is 0 Å². The van der Waals surface area contributed by atoms with Crippen molar-refractivity contribution in [3.05, 3.63) is 167 Å². The molecule has 0 spiro atoms. The molecule has 5 unspecified atom stereocenters. The first kappa shape index (κ1) is 27.0. The highest BCUT2D eigenvalue weighted by Gasteiger charge is 2.53. The smallest absolute Gasteiger partial charge is 0.123 e. The number of hydrogen-bond donors (Lipinski definition) is 0. The minimum atomic E-state index is -0.146. The fourth-order valence-electron chi connectivity index (χ4n) is 9.44.